The minimum Gasteiger partial charge on any atom is -0.456 e. The molecule has 1 heteroatoms. The molecular weight excluding hydrogens is 617 g/mol. The van der Waals surface area contributed by atoms with Crippen LogP contribution in [0.1, 0.15) is 49.9 Å². The van der Waals surface area contributed by atoms with Gasteiger partial charge in [0.15, 0.2) is 0 Å². The van der Waals surface area contributed by atoms with Gasteiger partial charge in [-0.2, -0.15) is 0 Å². The fourth-order valence-corrected chi connectivity index (χ4v) is 11.0. The molecule has 1 aromatic heterocycles. The first-order valence-electron chi connectivity index (χ1n) is 18.4. The molecule has 0 saturated heterocycles. The van der Waals surface area contributed by atoms with Crippen LogP contribution in [0, 0.1) is 17.3 Å². The maximum atomic E-state index is 6.52. The number of hydrogen-bond donors (Lipinski definition) is 0. The van der Waals surface area contributed by atoms with Crippen molar-refractivity contribution in [2.75, 3.05) is 0 Å². The summed E-state index contributed by atoms with van der Waals surface area (Å²) >= 11 is 0. The van der Waals surface area contributed by atoms with Crippen LogP contribution in [0.5, 0.6) is 0 Å². The fraction of sp³-hybridized carbons (Fsp3) is 0.160. The molecule has 1 heterocycles. The number of furan rings is 1. The Kier molecular flexibility index (Phi) is 5.70. The normalized spacial score (nSPS) is 24.7. The summed E-state index contributed by atoms with van der Waals surface area (Å²) in [5.41, 5.74) is 15.3. The molecule has 0 bridgehead atoms. The molecule has 51 heavy (non-hydrogen) atoms. The van der Waals surface area contributed by atoms with Gasteiger partial charge in [-0.3, -0.25) is 0 Å². The van der Waals surface area contributed by atoms with E-state index in [4.69, 9.17) is 4.42 Å². The van der Waals surface area contributed by atoms with Gasteiger partial charge in [-0.15, -0.1) is 0 Å². The van der Waals surface area contributed by atoms with Gasteiger partial charge in [0, 0.05) is 21.6 Å². The van der Waals surface area contributed by atoms with Crippen molar-refractivity contribution in [3.63, 3.8) is 0 Å². The summed E-state index contributed by atoms with van der Waals surface area (Å²) in [6.45, 7) is 9.97. The van der Waals surface area contributed by atoms with Gasteiger partial charge >= 0.3 is 0 Å². The monoisotopic (exact) mass is 654 g/mol. The molecule has 0 N–H and O–H groups in total. The molecule has 4 unspecified atom stereocenters. The van der Waals surface area contributed by atoms with Gasteiger partial charge in [-0.25, -0.2) is 0 Å². The lowest BCUT2D eigenvalue weighted by Crippen LogP contribution is -2.53. The minimum atomic E-state index is -0.372. The van der Waals surface area contributed by atoms with Crippen molar-refractivity contribution in [3.05, 3.63) is 195 Å². The third-order valence-corrected chi connectivity index (χ3v) is 12.9. The number of fused-ring (bicyclic) bond motifs is 9. The predicted octanol–water partition coefficient (Wildman–Crippen LogP) is 11.0. The summed E-state index contributed by atoms with van der Waals surface area (Å²) in [5.74, 6) is 0.591. The van der Waals surface area contributed by atoms with Crippen molar-refractivity contribution in [2.45, 2.75) is 33.1 Å². The molecule has 1 nitrogen and oxygen atoms in total. The zero-order valence-electron chi connectivity index (χ0n) is 29.4. The lowest BCUT2D eigenvalue weighted by Gasteiger charge is -2.59. The first kappa shape index (κ1) is 29.1. The van der Waals surface area contributed by atoms with E-state index in [-0.39, 0.29) is 16.7 Å². The first-order chi connectivity index (χ1) is 24.9. The van der Waals surface area contributed by atoms with Gasteiger partial charge in [-0.1, -0.05) is 147 Å². The fourth-order valence-electron chi connectivity index (χ4n) is 11.0. The highest BCUT2D eigenvalue weighted by molar-refractivity contribution is 6.08. The average molecular weight is 655 g/mol. The van der Waals surface area contributed by atoms with Crippen LogP contribution in [0.3, 0.4) is 0 Å². The third kappa shape index (κ3) is 3.56. The van der Waals surface area contributed by atoms with E-state index in [2.05, 4.69) is 173 Å². The summed E-state index contributed by atoms with van der Waals surface area (Å²) in [6.07, 6.45) is 5.22. The minimum absolute atomic E-state index is 0.282. The molecule has 0 radical (unpaired) electrons. The molecule has 7 aromatic rings. The van der Waals surface area contributed by atoms with Gasteiger partial charge < -0.3 is 4.42 Å². The number of benzene rings is 6. The van der Waals surface area contributed by atoms with E-state index in [1.54, 1.807) is 11.1 Å². The van der Waals surface area contributed by atoms with Crippen LogP contribution < -0.4 is 10.4 Å². The van der Waals surface area contributed by atoms with Gasteiger partial charge in [0.2, 0.25) is 0 Å². The van der Waals surface area contributed by atoms with Crippen LogP contribution in [0.4, 0.5) is 0 Å². The zero-order chi connectivity index (χ0) is 34.2. The van der Waals surface area contributed by atoms with E-state index < -0.39 is 0 Å². The molecule has 244 valence electrons. The van der Waals surface area contributed by atoms with E-state index in [9.17, 15) is 0 Å². The Balaban J connectivity index is 1.34. The van der Waals surface area contributed by atoms with Crippen molar-refractivity contribution in [1.82, 2.24) is 0 Å². The van der Waals surface area contributed by atoms with E-state index in [0.29, 0.717) is 5.92 Å². The van der Waals surface area contributed by atoms with E-state index in [0.717, 1.165) is 16.6 Å². The van der Waals surface area contributed by atoms with Crippen molar-refractivity contribution in [3.8, 4) is 0 Å². The van der Waals surface area contributed by atoms with E-state index in [1.165, 1.54) is 71.1 Å². The van der Waals surface area contributed by atoms with Gasteiger partial charge in [0.1, 0.15) is 11.2 Å². The topological polar surface area (TPSA) is 13.1 Å². The molecule has 0 spiro atoms. The Bertz CT molecular complexity index is 2910. The first-order valence-corrected chi connectivity index (χ1v) is 18.4. The summed E-state index contributed by atoms with van der Waals surface area (Å²) in [6, 6.07) is 49.5. The van der Waals surface area contributed by atoms with Crippen molar-refractivity contribution < 1.29 is 4.42 Å². The van der Waals surface area contributed by atoms with Crippen molar-refractivity contribution >= 4 is 49.4 Å². The van der Waals surface area contributed by atoms with Crippen LogP contribution in [-0.4, -0.2) is 0 Å². The SMILES string of the molecule is CC1C=C2C(c3ccc4c(c3)oc3ccccc34)=c3ccccc3=C3c4c(ccc5ccccc45)C4(C)C(c5ccccc5)=CC(C)C1=C4C23C. The smallest absolute Gasteiger partial charge is 0.136 e. The highest BCUT2D eigenvalue weighted by atomic mass is 16.3. The molecule has 11 rings (SSSR count). The van der Waals surface area contributed by atoms with Gasteiger partial charge in [0.05, 0.1) is 0 Å². The second-order valence-corrected chi connectivity index (χ2v) is 15.5. The lowest BCUT2D eigenvalue weighted by molar-refractivity contribution is 0.457. The second-order valence-electron chi connectivity index (χ2n) is 15.5. The van der Waals surface area contributed by atoms with E-state index in [1.807, 2.05) is 0 Å². The number of allylic oxidation sites excluding steroid dienone is 6. The summed E-state index contributed by atoms with van der Waals surface area (Å²) in [7, 11) is 0. The second kappa shape index (κ2) is 9.98. The summed E-state index contributed by atoms with van der Waals surface area (Å²) < 4.78 is 6.52. The molecule has 0 amide bonds. The van der Waals surface area contributed by atoms with Gasteiger partial charge in [-0.05, 0) is 115 Å². The highest BCUT2D eigenvalue weighted by Gasteiger charge is 2.59. The quantitative estimate of drug-likeness (QED) is 0.169. The maximum Gasteiger partial charge on any atom is 0.136 e. The molecule has 0 aliphatic heterocycles. The van der Waals surface area contributed by atoms with Gasteiger partial charge in [0.25, 0.3) is 0 Å². The Labute approximate surface area is 298 Å². The van der Waals surface area contributed by atoms with Crippen molar-refractivity contribution in [1.29, 1.82) is 0 Å². The molecule has 6 aromatic carbocycles. The standard InChI is InChI=1S/C50H38O/c1-29-26-40(32-15-6-5-7-16-32)49(3)39-25-23-31-14-8-9-17-34(31)46(39)47-38-20-11-10-19-37(38)45(41-27-30(2)44(29)48(49)50(41,47)4)33-22-24-36-35-18-12-13-21-42(35)51-43(36)28-33/h5-30H,1-4H3. The molecule has 4 atom stereocenters. The Hall–Kier alpha value is -5.66. The van der Waals surface area contributed by atoms with Crippen LogP contribution >= 0.6 is 0 Å². The Morgan fingerprint density at radius 1 is 0.529 bits per heavy atom. The Morgan fingerprint density at radius 3 is 2.02 bits per heavy atom. The molecule has 0 saturated carbocycles. The van der Waals surface area contributed by atoms with Crippen LogP contribution in [0.25, 0.3) is 49.4 Å². The van der Waals surface area contributed by atoms with E-state index >= 15 is 0 Å². The molecule has 4 aliphatic rings. The lowest BCUT2D eigenvalue weighted by atomic mass is 9.43. The predicted molar refractivity (Wildman–Crippen MR) is 212 cm³/mol. The number of rotatable bonds is 2. The Morgan fingerprint density at radius 2 is 1.20 bits per heavy atom. The maximum absolute atomic E-state index is 6.52. The number of para-hydroxylation sites is 1. The largest absolute Gasteiger partial charge is 0.456 e. The molecular formula is C50H38O. The van der Waals surface area contributed by atoms with Crippen LogP contribution in [0.15, 0.2) is 167 Å². The highest BCUT2D eigenvalue weighted by Crippen LogP contribution is 2.69. The third-order valence-electron chi connectivity index (χ3n) is 12.9. The summed E-state index contributed by atoms with van der Waals surface area (Å²) in [5, 5.41) is 7.58. The molecule has 0 fully saturated rings. The number of hydrogen-bond acceptors (Lipinski definition) is 1. The zero-order valence-corrected chi connectivity index (χ0v) is 29.4. The molecule has 4 aliphatic carbocycles. The van der Waals surface area contributed by atoms with Crippen LogP contribution in [0.2, 0.25) is 0 Å². The summed E-state index contributed by atoms with van der Waals surface area (Å²) in [4.78, 5) is 0. The average Bonchev–Trinajstić information content (AvgIpc) is 3.53. The van der Waals surface area contributed by atoms with Crippen molar-refractivity contribution in [2.24, 2.45) is 17.3 Å². The van der Waals surface area contributed by atoms with Crippen LogP contribution in [-0.2, 0) is 5.41 Å².